The molecule has 0 saturated carbocycles. The van der Waals surface area contributed by atoms with Crippen LogP contribution < -0.4 is 9.64 Å². The quantitative estimate of drug-likeness (QED) is 0.321. The van der Waals surface area contributed by atoms with E-state index in [9.17, 15) is 4.79 Å². The standard InChI is InChI=1S/C26H21N3O2S/c1-2-31-20-12-13-23-24(15-20)32-26(28-23)29(17-18-7-6-14-27-16-18)25(30)22-11-5-9-19-8-3-4-10-21(19)22/h3-16H,2,17H2,1H3. The van der Waals surface area contributed by atoms with Gasteiger partial charge in [0.2, 0.25) is 0 Å². The lowest BCUT2D eigenvalue weighted by Gasteiger charge is -2.21. The predicted molar refractivity (Wildman–Crippen MR) is 129 cm³/mol. The number of hydrogen-bond donors (Lipinski definition) is 0. The van der Waals surface area contributed by atoms with Gasteiger partial charge in [0.15, 0.2) is 5.13 Å². The predicted octanol–water partition coefficient (Wildman–Crippen LogP) is 6.09. The Hall–Kier alpha value is -3.77. The van der Waals surface area contributed by atoms with Gasteiger partial charge in [-0.3, -0.25) is 14.7 Å². The zero-order valence-corrected chi connectivity index (χ0v) is 18.4. The van der Waals surface area contributed by atoms with Gasteiger partial charge in [-0.15, -0.1) is 0 Å². The van der Waals surface area contributed by atoms with Crippen molar-refractivity contribution >= 4 is 43.4 Å². The van der Waals surface area contributed by atoms with Crippen LogP contribution in [0.15, 0.2) is 85.2 Å². The second-order valence-electron chi connectivity index (χ2n) is 7.34. The average Bonchev–Trinajstić information content (AvgIpc) is 3.26. The number of ether oxygens (including phenoxy) is 1. The van der Waals surface area contributed by atoms with Crippen molar-refractivity contribution in [2.45, 2.75) is 13.5 Å². The number of amides is 1. The van der Waals surface area contributed by atoms with E-state index in [-0.39, 0.29) is 5.91 Å². The van der Waals surface area contributed by atoms with Crippen LogP contribution >= 0.6 is 11.3 Å². The van der Waals surface area contributed by atoms with Crippen LogP contribution in [0, 0.1) is 0 Å². The van der Waals surface area contributed by atoms with Crippen LogP contribution in [0.3, 0.4) is 0 Å². The molecule has 32 heavy (non-hydrogen) atoms. The third-order valence-corrected chi connectivity index (χ3v) is 6.26. The first-order chi connectivity index (χ1) is 15.7. The van der Waals surface area contributed by atoms with Crippen molar-refractivity contribution < 1.29 is 9.53 Å². The Labute approximate surface area is 189 Å². The summed E-state index contributed by atoms with van der Waals surface area (Å²) in [6.07, 6.45) is 3.51. The summed E-state index contributed by atoms with van der Waals surface area (Å²) in [6.45, 7) is 2.94. The Balaban J connectivity index is 1.60. The van der Waals surface area contributed by atoms with Crippen molar-refractivity contribution in [1.29, 1.82) is 0 Å². The van der Waals surface area contributed by atoms with E-state index in [2.05, 4.69) is 4.98 Å². The molecule has 5 aromatic rings. The lowest BCUT2D eigenvalue weighted by molar-refractivity contribution is 0.0986. The number of fused-ring (bicyclic) bond motifs is 2. The average molecular weight is 440 g/mol. The molecule has 6 heteroatoms. The molecule has 2 aromatic heterocycles. The molecular formula is C26H21N3O2S. The Morgan fingerprint density at radius 3 is 2.75 bits per heavy atom. The minimum Gasteiger partial charge on any atom is -0.494 e. The Morgan fingerprint density at radius 2 is 1.91 bits per heavy atom. The third-order valence-electron chi connectivity index (χ3n) is 5.22. The van der Waals surface area contributed by atoms with Crippen LogP contribution in [0.4, 0.5) is 5.13 Å². The monoisotopic (exact) mass is 439 g/mol. The number of hydrogen-bond acceptors (Lipinski definition) is 5. The number of carbonyl (C=O) groups is 1. The smallest absolute Gasteiger partial charge is 0.261 e. The van der Waals surface area contributed by atoms with Crippen molar-refractivity contribution in [3.8, 4) is 5.75 Å². The summed E-state index contributed by atoms with van der Waals surface area (Å²) in [5, 5.41) is 2.61. The van der Waals surface area contributed by atoms with Crippen LogP contribution in [0.2, 0.25) is 0 Å². The number of aromatic nitrogens is 2. The number of anilines is 1. The van der Waals surface area contributed by atoms with Crippen LogP contribution in [0.25, 0.3) is 21.0 Å². The van der Waals surface area contributed by atoms with E-state index in [0.29, 0.717) is 23.8 Å². The molecule has 0 aliphatic rings. The first-order valence-corrected chi connectivity index (χ1v) is 11.3. The normalized spacial score (nSPS) is 11.0. The molecule has 0 aliphatic heterocycles. The Bertz CT molecular complexity index is 1390. The number of pyridine rings is 1. The van der Waals surface area contributed by atoms with Gasteiger partial charge < -0.3 is 4.74 Å². The first kappa shape index (κ1) is 20.2. The van der Waals surface area contributed by atoms with Crippen molar-refractivity contribution in [3.63, 3.8) is 0 Å². The molecule has 1 amide bonds. The van der Waals surface area contributed by atoms with Crippen LogP contribution in [0.5, 0.6) is 5.75 Å². The summed E-state index contributed by atoms with van der Waals surface area (Å²) in [6, 6.07) is 23.4. The molecule has 0 bridgehead atoms. The highest BCUT2D eigenvalue weighted by molar-refractivity contribution is 7.22. The van der Waals surface area contributed by atoms with Gasteiger partial charge in [-0.05, 0) is 53.6 Å². The SMILES string of the molecule is CCOc1ccc2nc(N(Cc3cccnc3)C(=O)c3cccc4ccccc34)sc2c1. The van der Waals surface area contributed by atoms with Gasteiger partial charge in [0.1, 0.15) is 5.75 Å². The van der Waals surface area contributed by atoms with E-state index < -0.39 is 0 Å². The molecule has 0 unspecified atom stereocenters. The summed E-state index contributed by atoms with van der Waals surface area (Å²) in [4.78, 5) is 24.6. The molecule has 0 radical (unpaired) electrons. The van der Waals surface area contributed by atoms with Gasteiger partial charge in [-0.25, -0.2) is 4.98 Å². The molecule has 0 atom stereocenters. The lowest BCUT2D eigenvalue weighted by Crippen LogP contribution is -2.30. The van der Waals surface area contributed by atoms with Crippen molar-refractivity contribution in [2.24, 2.45) is 0 Å². The molecule has 3 aromatic carbocycles. The van der Waals surface area contributed by atoms with Gasteiger partial charge in [-0.1, -0.05) is 53.8 Å². The number of nitrogens with zero attached hydrogens (tertiary/aromatic N) is 3. The maximum absolute atomic E-state index is 13.9. The summed E-state index contributed by atoms with van der Waals surface area (Å²) in [7, 11) is 0. The molecule has 0 N–H and O–H groups in total. The maximum atomic E-state index is 13.9. The molecule has 0 saturated heterocycles. The van der Waals surface area contributed by atoms with E-state index in [1.807, 2.05) is 79.7 Å². The van der Waals surface area contributed by atoms with E-state index in [1.165, 1.54) is 11.3 Å². The summed E-state index contributed by atoms with van der Waals surface area (Å²) >= 11 is 1.49. The first-order valence-electron chi connectivity index (χ1n) is 10.4. The summed E-state index contributed by atoms with van der Waals surface area (Å²) in [5.41, 5.74) is 2.44. The zero-order chi connectivity index (χ0) is 21.9. The van der Waals surface area contributed by atoms with Gasteiger partial charge in [0, 0.05) is 18.0 Å². The fraction of sp³-hybridized carbons (Fsp3) is 0.115. The summed E-state index contributed by atoms with van der Waals surface area (Å²) < 4.78 is 6.61. The number of benzene rings is 3. The highest BCUT2D eigenvalue weighted by atomic mass is 32.1. The highest BCUT2D eigenvalue weighted by Gasteiger charge is 2.23. The fourth-order valence-electron chi connectivity index (χ4n) is 3.72. The Kier molecular flexibility index (Phi) is 5.52. The number of carbonyl (C=O) groups excluding carboxylic acids is 1. The van der Waals surface area contributed by atoms with Crippen LogP contribution in [-0.2, 0) is 6.54 Å². The number of rotatable bonds is 6. The lowest BCUT2D eigenvalue weighted by atomic mass is 10.0. The van der Waals surface area contributed by atoms with Crippen LogP contribution in [-0.4, -0.2) is 22.5 Å². The largest absolute Gasteiger partial charge is 0.494 e. The molecule has 0 spiro atoms. The topological polar surface area (TPSA) is 55.3 Å². The molecule has 158 valence electrons. The van der Waals surface area contributed by atoms with Gasteiger partial charge in [0.25, 0.3) is 5.91 Å². The second kappa shape index (κ2) is 8.77. The van der Waals surface area contributed by atoms with Crippen molar-refractivity contribution in [3.05, 3.63) is 96.3 Å². The van der Waals surface area contributed by atoms with Gasteiger partial charge in [0.05, 0.1) is 23.4 Å². The fourth-order valence-corrected chi connectivity index (χ4v) is 4.71. The number of thiazole rings is 1. The zero-order valence-electron chi connectivity index (χ0n) is 17.6. The maximum Gasteiger partial charge on any atom is 0.261 e. The molecule has 5 rings (SSSR count). The minimum absolute atomic E-state index is 0.0882. The summed E-state index contributed by atoms with van der Waals surface area (Å²) in [5.74, 6) is 0.712. The van der Waals surface area contributed by atoms with Gasteiger partial charge >= 0.3 is 0 Å². The molecule has 5 nitrogen and oxygen atoms in total. The highest BCUT2D eigenvalue weighted by Crippen LogP contribution is 2.33. The van der Waals surface area contributed by atoms with Gasteiger partial charge in [-0.2, -0.15) is 0 Å². The molecule has 2 heterocycles. The molecular weight excluding hydrogens is 418 g/mol. The Morgan fingerprint density at radius 1 is 1.03 bits per heavy atom. The van der Waals surface area contributed by atoms with E-state index in [1.54, 1.807) is 17.3 Å². The second-order valence-corrected chi connectivity index (χ2v) is 8.35. The van der Waals surface area contributed by atoms with E-state index >= 15 is 0 Å². The minimum atomic E-state index is -0.0882. The molecule has 0 fully saturated rings. The molecule has 0 aliphatic carbocycles. The van der Waals surface area contributed by atoms with E-state index in [4.69, 9.17) is 9.72 Å². The van der Waals surface area contributed by atoms with E-state index in [0.717, 1.165) is 32.3 Å². The van der Waals surface area contributed by atoms with Crippen LogP contribution in [0.1, 0.15) is 22.8 Å². The van der Waals surface area contributed by atoms with Crippen molar-refractivity contribution in [1.82, 2.24) is 9.97 Å². The third kappa shape index (κ3) is 3.92. The van der Waals surface area contributed by atoms with Crippen molar-refractivity contribution in [2.75, 3.05) is 11.5 Å².